The van der Waals surface area contributed by atoms with Crippen LogP contribution in [0.2, 0.25) is 0 Å². The van der Waals surface area contributed by atoms with Crippen LogP contribution in [0, 0.1) is 5.92 Å². The van der Waals surface area contributed by atoms with Gasteiger partial charge in [-0.1, -0.05) is 0 Å². The van der Waals surface area contributed by atoms with Crippen LogP contribution in [0.5, 0.6) is 11.5 Å². The third kappa shape index (κ3) is 4.61. The van der Waals surface area contributed by atoms with Crippen LogP contribution in [0.4, 0.5) is 5.69 Å². The van der Waals surface area contributed by atoms with Crippen molar-refractivity contribution < 1.29 is 23.7 Å². The van der Waals surface area contributed by atoms with E-state index in [0.29, 0.717) is 43.6 Å². The highest BCUT2D eigenvalue weighted by Crippen LogP contribution is 2.30. The standard InChI is InChI=1S/C16H23NO5/c1-19-9-10-22-15-11-13(3-4-14(15)20-2)17-16(18)12-5-7-21-8-6-12/h3-4,11-12H,5-10H2,1-2H3,(H,17,18). The minimum absolute atomic E-state index is 0.00807. The van der Waals surface area contributed by atoms with Gasteiger partial charge in [-0.2, -0.15) is 0 Å². The van der Waals surface area contributed by atoms with E-state index in [1.165, 1.54) is 0 Å². The predicted octanol–water partition coefficient (Wildman–Crippen LogP) is 2.09. The van der Waals surface area contributed by atoms with Crippen molar-refractivity contribution in [2.75, 3.05) is 46.0 Å². The molecule has 0 atom stereocenters. The fourth-order valence-corrected chi connectivity index (χ4v) is 2.31. The Balaban J connectivity index is 2.00. The maximum atomic E-state index is 12.2. The van der Waals surface area contributed by atoms with Crippen molar-refractivity contribution in [2.45, 2.75) is 12.8 Å². The van der Waals surface area contributed by atoms with E-state index in [4.69, 9.17) is 18.9 Å². The molecule has 0 bridgehead atoms. The Hall–Kier alpha value is -1.79. The zero-order valence-electron chi connectivity index (χ0n) is 13.1. The Morgan fingerprint density at radius 3 is 2.68 bits per heavy atom. The number of amides is 1. The Kier molecular flexibility index (Phi) is 6.48. The fraction of sp³-hybridized carbons (Fsp3) is 0.562. The largest absolute Gasteiger partial charge is 0.493 e. The van der Waals surface area contributed by atoms with Crippen molar-refractivity contribution in [2.24, 2.45) is 5.92 Å². The Morgan fingerprint density at radius 2 is 2.00 bits per heavy atom. The molecule has 1 amide bonds. The van der Waals surface area contributed by atoms with Crippen molar-refractivity contribution in [3.8, 4) is 11.5 Å². The van der Waals surface area contributed by atoms with E-state index < -0.39 is 0 Å². The summed E-state index contributed by atoms with van der Waals surface area (Å²) in [7, 11) is 3.20. The van der Waals surface area contributed by atoms with E-state index >= 15 is 0 Å². The van der Waals surface area contributed by atoms with Crippen molar-refractivity contribution in [3.05, 3.63) is 18.2 Å². The predicted molar refractivity (Wildman–Crippen MR) is 82.5 cm³/mol. The second kappa shape index (κ2) is 8.60. The van der Waals surface area contributed by atoms with Crippen molar-refractivity contribution in [3.63, 3.8) is 0 Å². The first-order valence-corrected chi connectivity index (χ1v) is 7.43. The quantitative estimate of drug-likeness (QED) is 0.781. The van der Waals surface area contributed by atoms with Gasteiger partial charge in [0, 0.05) is 38.0 Å². The van der Waals surface area contributed by atoms with Gasteiger partial charge in [0.2, 0.25) is 5.91 Å². The summed E-state index contributed by atoms with van der Waals surface area (Å²) in [6.45, 7) is 2.20. The van der Waals surface area contributed by atoms with Crippen LogP contribution >= 0.6 is 0 Å². The van der Waals surface area contributed by atoms with Gasteiger partial charge in [-0.25, -0.2) is 0 Å². The van der Waals surface area contributed by atoms with Crippen LogP contribution in [-0.4, -0.2) is 46.6 Å². The third-order valence-electron chi connectivity index (χ3n) is 3.57. The van der Waals surface area contributed by atoms with E-state index in [2.05, 4.69) is 5.32 Å². The SMILES string of the molecule is COCCOc1cc(NC(=O)C2CCOCC2)ccc1OC. The lowest BCUT2D eigenvalue weighted by Gasteiger charge is -2.21. The summed E-state index contributed by atoms with van der Waals surface area (Å²) in [6.07, 6.45) is 1.53. The van der Waals surface area contributed by atoms with Crippen molar-refractivity contribution in [1.29, 1.82) is 0 Å². The number of anilines is 1. The molecule has 1 aromatic rings. The molecular weight excluding hydrogens is 286 g/mol. The number of hydrogen-bond donors (Lipinski definition) is 1. The zero-order valence-corrected chi connectivity index (χ0v) is 13.1. The van der Waals surface area contributed by atoms with E-state index in [1.807, 2.05) is 0 Å². The molecular formula is C16H23NO5. The molecule has 1 aliphatic rings. The van der Waals surface area contributed by atoms with Gasteiger partial charge in [0.25, 0.3) is 0 Å². The molecule has 122 valence electrons. The summed E-state index contributed by atoms with van der Waals surface area (Å²) in [6, 6.07) is 5.35. The smallest absolute Gasteiger partial charge is 0.227 e. The van der Waals surface area contributed by atoms with Crippen LogP contribution in [0.3, 0.4) is 0 Å². The minimum atomic E-state index is 0.00807. The minimum Gasteiger partial charge on any atom is -0.493 e. The summed E-state index contributed by atoms with van der Waals surface area (Å²) in [5.41, 5.74) is 0.699. The van der Waals surface area contributed by atoms with Gasteiger partial charge in [0.15, 0.2) is 11.5 Å². The number of hydrogen-bond acceptors (Lipinski definition) is 5. The summed E-state index contributed by atoms with van der Waals surface area (Å²) >= 11 is 0. The summed E-state index contributed by atoms with van der Waals surface area (Å²) in [5.74, 6) is 1.24. The summed E-state index contributed by atoms with van der Waals surface area (Å²) in [5, 5.41) is 2.93. The van der Waals surface area contributed by atoms with Crippen LogP contribution in [0.25, 0.3) is 0 Å². The highest BCUT2D eigenvalue weighted by molar-refractivity contribution is 5.92. The molecule has 6 nitrogen and oxygen atoms in total. The topological polar surface area (TPSA) is 66.0 Å². The van der Waals surface area contributed by atoms with Gasteiger partial charge in [-0.05, 0) is 25.0 Å². The van der Waals surface area contributed by atoms with Crippen LogP contribution in [-0.2, 0) is 14.3 Å². The van der Waals surface area contributed by atoms with Gasteiger partial charge in [0.05, 0.1) is 13.7 Å². The second-order valence-electron chi connectivity index (χ2n) is 5.08. The maximum absolute atomic E-state index is 12.2. The molecule has 1 fully saturated rings. The van der Waals surface area contributed by atoms with E-state index in [-0.39, 0.29) is 11.8 Å². The molecule has 0 unspecified atom stereocenters. The highest BCUT2D eigenvalue weighted by atomic mass is 16.5. The molecule has 22 heavy (non-hydrogen) atoms. The maximum Gasteiger partial charge on any atom is 0.227 e. The van der Waals surface area contributed by atoms with Crippen molar-refractivity contribution in [1.82, 2.24) is 0 Å². The second-order valence-corrected chi connectivity index (χ2v) is 5.08. The van der Waals surface area contributed by atoms with Gasteiger partial charge in [-0.3, -0.25) is 4.79 Å². The van der Waals surface area contributed by atoms with Crippen LogP contribution < -0.4 is 14.8 Å². The van der Waals surface area contributed by atoms with E-state index in [0.717, 1.165) is 12.8 Å². The third-order valence-corrected chi connectivity index (χ3v) is 3.57. The first kappa shape index (κ1) is 16.6. The van der Waals surface area contributed by atoms with Gasteiger partial charge in [0.1, 0.15) is 6.61 Å². The number of carbonyl (C=O) groups excluding carboxylic acids is 1. The number of benzene rings is 1. The lowest BCUT2D eigenvalue weighted by molar-refractivity contribution is -0.122. The van der Waals surface area contributed by atoms with Crippen LogP contribution in [0.15, 0.2) is 18.2 Å². The average molecular weight is 309 g/mol. The molecule has 1 N–H and O–H groups in total. The number of ether oxygens (including phenoxy) is 4. The number of nitrogens with one attached hydrogen (secondary N) is 1. The highest BCUT2D eigenvalue weighted by Gasteiger charge is 2.21. The van der Waals surface area contributed by atoms with Crippen LogP contribution in [0.1, 0.15) is 12.8 Å². The molecule has 0 saturated carbocycles. The molecule has 1 heterocycles. The number of rotatable bonds is 7. The summed E-state index contributed by atoms with van der Waals surface area (Å²) < 4.78 is 21.1. The first-order chi connectivity index (χ1) is 10.7. The molecule has 1 aromatic carbocycles. The Bertz CT molecular complexity index is 485. The fourth-order valence-electron chi connectivity index (χ4n) is 2.31. The van der Waals surface area contributed by atoms with Gasteiger partial charge < -0.3 is 24.3 Å². The molecule has 2 rings (SSSR count). The molecule has 1 saturated heterocycles. The number of carbonyl (C=O) groups is 1. The molecule has 0 aliphatic carbocycles. The Labute approximate surface area is 130 Å². The van der Waals surface area contributed by atoms with Crippen molar-refractivity contribution >= 4 is 11.6 Å². The normalized spacial score (nSPS) is 15.4. The average Bonchev–Trinajstić information content (AvgIpc) is 2.56. The zero-order chi connectivity index (χ0) is 15.8. The lowest BCUT2D eigenvalue weighted by atomic mass is 9.99. The van der Waals surface area contributed by atoms with E-state index in [9.17, 15) is 4.79 Å². The van der Waals surface area contributed by atoms with E-state index in [1.54, 1.807) is 32.4 Å². The molecule has 1 aliphatic heterocycles. The molecule has 0 radical (unpaired) electrons. The monoisotopic (exact) mass is 309 g/mol. The van der Waals surface area contributed by atoms with Gasteiger partial charge >= 0.3 is 0 Å². The Morgan fingerprint density at radius 1 is 1.23 bits per heavy atom. The summed E-state index contributed by atoms with van der Waals surface area (Å²) in [4.78, 5) is 12.2. The van der Waals surface area contributed by atoms with Gasteiger partial charge in [-0.15, -0.1) is 0 Å². The lowest BCUT2D eigenvalue weighted by Crippen LogP contribution is -2.28. The molecule has 0 spiro atoms. The number of methoxy groups -OCH3 is 2. The first-order valence-electron chi connectivity index (χ1n) is 7.43. The molecule has 6 heteroatoms. The molecule has 0 aromatic heterocycles.